The van der Waals surface area contributed by atoms with E-state index in [-0.39, 0.29) is 112 Å². The lowest BCUT2D eigenvalue weighted by atomic mass is 9.42. The molecule has 11 heteroatoms. The number of carbonyl (C=O) groups is 1. The Bertz CT molecular complexity index is 3010. The van der Waals surface area contributed by atoms with Crippen molar-refractivity contribution in [1.82, 2.24) is 4.98 Å². The number of ether oxygens (including phenoxy) is 2. The van der Waals surface area contributed by atoms with E-state index in [2.05, 4.69) is 41.5 Å². The van der Waals surface area contributed by atoms with Gasteiger partial charge in [-0.3, -0.25) is 10.5 Å². The Balaban J connectivity index is 1.04. The summed E-state index contributed by atoms with van der Waals surface area (Å²) in [6.07, 6.45) is 12.2. The van der Waals surface area contributed by atoms with Crippen LogP contribution in [0.15, 0.2) is 109 Å². The number of phenolic OH excluding ortho intramolecular Hbond substituents is 5. The fourth-order valence-electron chi connectivity index (χ4n) is 16.2. The number of H-pyrrole nitrogens is 1. The molecule has 72 heavy (non-hydrogen) atoms. The number of aliphatic hydroxyl groups excluding tert-OH is 1. The van der Waals surface area contributed by atoms with Crippen LogP contribution in [0.4, 0.5) is 0 Å². The van der Waals surface area contributed by atoms with E-state index in [4.69, 9.17) is 15.2 Å². The first-order chi connectivity index (χ1) is 34.9. The Kier molecular flexibility index (Phi) is 11.8. The van der Waals surface area contributed by atoms with Crippen LogP contribution in [0.5, 0.6) is 40.2 Å². The number of carbonyl (C=O) groups excluding carboxylic acids is 1. The molecule has 13 rings (SSSR count). The molecule has 0 aliphatic heterocycles. The van der Waals surface area contributed by atoms with E-state index in [1.165, 1.54) is 48.1 Å². The van der Waals surface area contributed by atoms with E-state index in [1.807, 2.05) is 18.2 Å². The second-order valence-electron chi connectivity index (χ2n) is 22.5. The van der Waals surface area contributed by atoms with Crippen LogP contribution in [0.25, 0.3) is 11.3 Å². The minimum absolute atomic E-state index is 0.0242. The fourth-order valence-corrected chi connectivity index (χ4v) is 16.2. The highest BCUT2D eigenvalue weighted by Gasteiger charge is 2.65. The van der Waals surface area contributed by atoms with Crippen molar-refractivity contribution in [2.45, 2.75) is 119 Å². The Morgan fingerprint density at radius 3 is 2.38 bits per heavy atom. The van der Waals surface area contributed by atoms with Gasteiger partial charge in [0, 0.05) is 40.8 Å². The zero-order chi connectivity index (χ0) is 49.5. The molecule has 7 aliphatic rings. The maximum atomic E-state index is 15.2. The second kappa shape index (κ2) is 18.3. The number of hydrogen-bond donors (Lipinski definition) is 8. The van der Waals surface area contributed by atoms with Gasteiger partial charge in [0.2, 0.25) is 5.75 Å². The van der Waals surface area contributed by atoms with Gasteiger partial charge in [0.1, 0.15) is 30.6 Å². The van der Waals surface area contributed by atoms with Crippen LogP contribution in [0, 0.1) is 35.0 Å². The number of aromatic amines is 1. The molecule has 0 saturated heterocycles. The van der Waals surface area contributed by atoms with Crippen LogP contribution in [0.2, 0.25) is 0 Å². The van der Waals surface area contributed by atoms with Crippen LogP contribution < -0.4 is 15.2 Å². The number of aryl methyl sites for hydroxylation is 1. The van der Waals surface area contributed by atoms with Crippen LogP contribution in [0.3, 0.4) is 0 Å². The molecule has 1 heterocycles. The third kappa shape index (κ3) is 7.72. The number of aromatic hydroxyl groups is 5. The standard InChI is InChI=1S/C61H66N2O9/c62-33-72-52-26-35(13-17-50(52)67)12-16-49(66)44-27-37(24-34-10-14-39(64)15-11-34)43-28-38-29-48(54(55(43)57(44)69)45-30-51(68)58(70)59(53(38)45)71-31-36-6-5-7-40(65)25-36)61-32-60(20-3-4-21-60)22-18-47(61)42-19-23-63-56(42)41-8-1-2-9-46(41)61/h1-2,5-11,13-15,17,19,23,25-26,30,37-38,43-44,47-48,54-55,57,63-65,67-70H,3-4,12,16,18,20-22,24,27-29,31-33,62H2. The van der Waals surface area contributed by atoms with Crippen molar-refractivity contribution in [3.05, 3.63) is 148 Å². The maximum Gasteiger partial charge on any atom is 0.200 e. The first-order valence-corrected chi connectivity index (χ1v) is 26.4. The summed E-state index contributed by atoms with van der Waals surface area (Å²) >= 11 is 0. The molecule has 5 aromatic carbocycles. The molecule has 11 nitrogen and oxygen atoms in total. The zero-order valence-corrected chi connectivity index (χ0v) is 40.7. The highest BCUT2D eigenvalue weighted by Crippen LogP contribution is 2.74. The van der Waals surface area contributed by atoms with Crippen molar-refractivity contribution in [2.24, 2.45) is 40.7 Å². The highest BCUT2D eigenvalue weighted by molar-refractivity contribution is 5.82. The quantitative estimate of drug-likeness (QED) is 0.0431. The number of aliphatic hydroxyl groups is 1. The van der Waals surface area contributed by atoms with Gasteiger partial charge in [0.05, 0.1) is 6.10 Å². The average Bonchev–Trinajstić information content (AvgIpc) is 3.99. The van der Waals surface area contributed by atoms with Gasteiger partial charge in [-0.2, -0.15) is 0 Å². The Morgan fingerprint density at radius 2 is 1.57 bits per heavy atom. The van der Waals surface area contributed by atoms with Gasteiger partial charge in [-0.05, 0) is 193 Å². The monoisotopic (exact) mass is 970 g/mol. The fraction of sp³-hybridized carbons (Fsp3) is 0.426. The third-order valence-corrected chi connectivity index (χ3v) is 19.0. The van der Waals surface area contributed by atoms with Gasteiger partial charge in [0.15, 0.2) is 23.0 Å². The number of Topliss-reactive ketones (excluding diaryl/α,β-unsaturated/α-hetero) is 1. The topological polar surface area (TPSA) is 199 Å². The van der Waals surface area contributed by atoms with Crippen LogP contribution in [-0.2, 0) is 29.7 Å². The minimum Gasteiger partial charge on any atom is -0.508 e. The zero-order valence-electron chi connectivity index (χ0n) is 40.7. The van der Waals surface area contributed by atoms with Gasteiger partial charge < -0.3 is 45.1 Å². The van der Waals surface area contributed by atoms with Crippen LogP contribution in [0.1, 0.15) is 127 Å². The summed E-state index contributed by atoms with van der Waals surface area (Å²) in [7, 11) is 0. The van der Waals surface area contributed by atoms with Gasteiger partial charge >= 0.3 is 0 Å². The minimum atomic E-state index is -1.03. The number of nitrogens with one attached hydrogen (secondary N) is 1. The summed E-state index contributed by atoms with van der Waals surface area (Å²) in [5, 5.41) is 68.9. The average molecular weight is 971 g/mol. The normalized spacial score (nSPS) is 28.5. The van der Waals surface area contributed by atoms with Crippen LogP contribution >= 0.6 is 0 Å². The number of rotatable bonds is 12. The van der Waals surface area contributed by atoms with E-state index in [0.29, 0.717) is 31.2 Å². The van der Waals surface area contributed by atoms with E-state index in [0.717, 1.165) is 47.9 Å². The summed E-state index contributed by atoms with van der Waals surface area (Å²) in [5.74, 6) is -1.43. The van der Waals surface area contributed by atoms with Crippen LogP contribution in [-0.4, -0.2) is 54.2 Å². The summed E-state index contributed by atoms with van der Waals surface area (Å²) in [5.41, 5.74) is 14.9. The first-order valence-electron chi connectivity index (χ1n) is 26.4. The van der Waals surface area contributed by atoms with Gasteiger partial charge in [-0.1, -0.05) is 67.4 Å². The molecule has 7 aliphatic carbocycles. The van der Waals surface area contributed by atoms with Crippen molar-refractivity contribution in [2.75, 3.05) is 6.73 Å². The van der Waals surface area contributed by atoms with E-state index >= 15 is 4.79 Å². The molecule has 4 fully saturated rings. The lowest BCUT2D eigenvalue weighted by Gasteiger charge is -2.61. The molecular formula is C61H66N2O9. The second-order valence-corrected chi connectivity index (χ2v) is 22.5. The van der Waals surface area contributed by atoms with E-state index in [9.17, 15) is 30.6 Å². The number of ketones is 1. The van der Waals surface area contributed by atoms with E-state index < -0.39 is 17.9 Å². The molecule has 374 valence electrons. The lowest BCUT2D eigenvalue weighted by molar-refractivity contribution is -0.136. The molecule has 1 spiro atoms. The lowest BCUT2D eigenvalue weighted by Crippen LogP contribution is -2.56. The number of fused-ring (bicyclic) bond motifs is 8. The molecule has 2 bridgehead atoms. The summed E-state index contributed by atoms with van der Waals surface area (Å²) in [6, 6.07) is 32.4. The predicted molar refractivity (Wildman–Crippen MR) is 273 cm³/mol. The largest absolute Gasteiger partial charge is 0.508 e. The van der Waals surface area contributed by atoms with Crippen molar-refractivity contribution in [3.8, 4) is 51.5 Å². The van der Waals surface area contributed by atoms with Crippen molar-refractivity contribution < 1.29 is 44.9 Å². The number of hydrogen-bond acceptors (Lipinski definition) is 10. The molecule has 6 aromatic rings. The number of aromatic nitrogens is 1. The smallest absolute Gasteiger partial charge is 0.200 e. The summed E-state index contributed by atoms with van der Waals surface area (Å²) in [4.78, 5) is 18.8. The predicted octanol–water partition coefficient (Wildman–Crippen LogP) is 11.1. The molecule has 0 radical (unpaired) electrons. The van der Waals surface area contributed by atoms with Crippen molar-refractivity contribution in [1.29, 1.82) is 0 Å². The van der Waals surface area contributed by atoms with Crippen molar-refractivity contribution >= 4 is 5.78 Å². The summed E-state index contributed by atoms with van der Waals surface area (Å²) < 4.78 is 12.2. The number of phenols is 5. The number of benzene rings is 5. The molecular weight excluding hydrogens is 905 g/mol. The summed E-state index contributed by atoms with van der Waals surface area (Å²) in [6.45, 7) is -0.0574. The Morgan fingerprint density at radius 1 is 0.764 bits per heavy atom. The molecule has 0 amide bonds. The van der Waals surface area contributed by atoms with E-state index in [1.54, 1.807) is 54.6 Å². The van der Waals surface area contributed by atoms with Gasteiger partial charge in [0.25, 0.3) is 0 Å². The highest BCUT2D eigenvalue weighted by atomic mass is 16.5. The molecule has 4 saturated carbocycles. The van der Waals surface area contributed by atoms with Gasteiger partial charge in [-0.25, -0.2) is 0 Å². The Hall–Kier alpha value is -6.43. The SMILES string of the molecule is NCOc1cc(CCC(=O)C2CC(Cc3ccc(O)cc3)C3CC4CC(C56CC7(CCCC7)CCC5c5cc[nH]c5-c5ccccc56)C(c5cc(O)c(O)c(OCc6cccc(O)c6)c54)C3C2O)ccc1O. The molecule has 10 atom stereocenters. The Labute approximate surface area is 420 Å². The van der Waals surface area contributed by atoms with Gasteiger partial charge in [-0.15, -0.1) is 0 Å². The third-order valence-electron chi connectivity index (χ3n) is 19.0. The molecule has 10 unspecified atom stereocenters. The molecule has 1 aromatic heterocycles. The van der Waals surface area contributed by atoms with Crippen molar-refractivity contribution in [3.63, 3.8) is 0 Å². The first kappa shape index (κ1) is 46.6. The maximum absolute atomic E-state index is 15.2. The number of nitrogens with two attached hydrogens (primary N) is 1. The molecule has 9 N–H and O–H groups in total.